The Morgan fingerprint density at radius 3 is 2.62 bits per heavy atom. The number of halogens is 2. The predicted molar refractivity (Wildman–Crippen MR) is 86.2 cm³/mol. The van der Waals surface area contributed by atoms with Crippen LogP contribution in [-0.4, -0.2) is 20.8 Å². The molecule has 26 heavy (non-hydrogen) atoms. The third-order valence-corrected chi connectivity index (χ3v) is 3.86. The van der Waals surface area contributed by atoms with Crippen LogP contribution in [0.1, 0.15) is 39.5 Å². The molecule has 0 aliphatic carbocycles. The van der Waals surface area contributed by atoms with Crippen LogP contribution in [-0.2, 0) is 6.54 Å². The minimum Gasteiger partial charge on any atom is -0.365 e. The number of aromatic nitrogens is 3. The highest BCUT2D eigenvalue weighted by Crippen LogP contribution is 2.25. The van der Waals surface area contributed by atoms with Crippen molar-refractivity contribution in [3.63, 3.8) is 0 Å². The SMILES string of the molecule is Cc1c(C(N)=O)c(C(F)F)nn1Cc1cc(-c2ccc(C#N)cc2)no1. The maximum absolute atomic E-state index is 13.1. The van der Waals surface area contributed by atoms with Crippen molar-refractivity contribution in [1.29, 1.82) is 5.26 Å². The molecule has 0 spiro atoms. The lowest BCUT2D eigenvalue weighted by molar-refractivity contribution is 0.0984. The lowest BCUT2D eigenvalue weighted by atomic mass is 10.1. The first-order chi connectivity index (χ1) is 12.4. The van der Waals surface area contributed by atoms with Crippen LogP contribution in [0, 0.1) is 18.3 Å². The van der Waals surface area contributed by atoms with E-state index in [2.05, 4.69) is 10.3 Å². The second kappa shape index (κ2) is 6.76. The van der Waals surface area contributed by atoms with Gasteiger partial charge in [-0.3, -0.25) is 9.48 Å². The zero-order valence-electron chi connectivity index (χ0n) is 13.6. The number of primary amides is 1. The van der Waals surface area contributed by atoms with Crippen molar-refractivity contribution in [3.05, 3.63) is 58.6 Å². The Balaban J connectivity index is 1.88. The Morgan fingerprint density at radius 2 is 2.08 bits per heavy atom. The molecule has 1 amide bonds. The van der Waals surface area contributed by atoms with Crippen molar-refractivity contribution in [2.75, 3.05) is 0 Å². The van der Waals surface area contributed by atoms with Crippen LogP contribution in [0.3, 0.4) is 0 Å². The first-order valence-electron chi connectivity index (χ1n) is 7.52. The third kappa shape index (κ3) is 3.17. The lowest BCUT2D eigenvalue weighted by Crippen LogP contribution is -2.14. The molecule has 0 saturated heterocycles. The highest BCUT2D eigenvalue weighted by atomic mass is 19.3. The monoisotopic (exact) mass is 357 g/mol. The Kier molecular flexibility index (Phi) is 4.49. The summed E-state index contributed by atoms with van der Waals surface area (Å²) in [4.78, 5) is 11.4. The Labute approximate surface area is 146 Å². The predicted octanol–water partition coefficient (Wildman–Crippen LogP) is 2.80. The van der Waals surface area contributed by atoms with E-state index >= 15 is 0 Å². The maximum atomic E-state index is 13.1. The molecule has 0 atom stereocenters. The molecule has 0 bridgehead atoms. The molecule has 1 aromatic carbocycles. The first-order valence-corrected chi connectivity index (χ1v) is 7.52. The smallest absolute Gasteiger partial charge is 0.282 e. The quantitative estimate of drug-likeness (QED) is 0.755. The van der Waals surface area contributed by atoms with Gasteiger partial charge >= 0.3 is 0 Å². The number of nitrogens with zero attached hydrogens (tertiary/aromatic N) is 4. The highest BCUT2D eigenvalue weighted by Gasteiger charge is 2.25. The van der Waals surface area contributed by atoms with Gasteiger partial charge in [0.2, 0.25) is 0 Å². The number of amides is 1. The van der Waals surface area contributed by atoms with Crippen molar-refractivity contribution in [1.82, 2.24) is 14.9 Å². The van der Waals surface area contributed by atoms with E-state index in [0.29, 0.717) is 17.0 Å². The molecule has 2 N–H and O–H groups in total. The summed E-state index contributed by atoms with van der Waals surface area (Å²) in [5, 5.41) is 16.5. The van der Waals surface area contributed by atoms with E-state index in [1.807, 2.05) is 6.07 Å². The first kappa shape index (κ1) is 17.3. The fourth-order valence-electron chi connectivity index (χ4n) is 2.57. The molecular weight excluding hydrogens is 344 g/mol. The highest BCUT2D eigenvalue weighted by molar-refractivity contribution is 5.95. The van der Waals surface area contributed by atoms with Crippen molar-refractivity contribution in [2.45, 2.75) is 19.9 Å². The molecule has 9 heteroatoms. The molecule has 2 heterocycles. The van der Waals surface area contributed by atoms with Gasteiger partial charge in [-0.15, -0.1) is 0 Å². The number of rotatable bonds is 5. The van der Waals surface area contributed by atoms with Gasteiger partial charge in [-0.2, -0.15) is 10.4 Å². The van der Waals surface area contributed by atoms with Gasteiger partial charge in [0.1, 0.15) is 17.9 Å². The lowest BCUT2D eigenvalue weighted by Gasteiger charge is -2.00. The van der Waals surface area contributed by atoms with Gasteiger partial charge in [0.05, 0.1) is 17.2 Å². The van der Waals surface area contributed by atoms with Crippen LogP contribution in [0.25, 0.3) is 11.3 Å². The third-order valence-electron chi connectivity index (χ3n) is 3.86. The van der Waals surface area contributed by atoms with E-state index in [0.717, 1.165) is 5.56 Å². The van der Waals surface area contributed by atoms with E-state index in [-0.39, 0.29) is 17.8 Å². The Bertz CT molecular complexity index is 999. The number of nitriles is 1. The van der Waals surface area contributed by atoms with Crippen LogP contribution in [0.4, 0.5) is 8.78 Å². The number of hydrogen-bond acceptors (Lipinski definition) is 5. The zero-order chi connectivity index (χ0) is 18.8. The molecule has 0 aliphatic heterocycles. The van der Waals surface area contributed by atoms with Gasteiger partial charge in [0.25, 0.3) is 12.3 Å². The number of carbonyl (C=O) groups excluding carboxylic acids is 1. The maximum Gasteiger partial charge on any atom is 0.282 e. The van der Waals surface area contributed by atoms with Crippen LogP contribution < -0.4 is 5.73 Å². The molecule has 7 nitrogen and oxygen atoms in total. The van der Waals surface area contributed by atoms with E-state index < -0.39 is 18.0 Å². The molecule has 0 unspecified atom stereocenters. The van der Waals surface area contributed by atoms with Gasteiger partial charge in [-0.1, -0.05) is 17.3 Å². The largest absolute Gasteiger partial charge is 0.365 e. The van der Waals surface area contributed by atoms with Crippen LogP contribution >= 0.6 is 0 Å². The number of carbonyl (C=O) groups is 1. The normalized spacial score (nSPS) is 10.9. The average Bonchev–Trinajstić information content (AvgIpc) is 3.20. The average molecular weight is 357 g/mol. The van der Waals surface area contributed by atoms with Gasteiger partial charge in [0.15, 0.2) is 5.76 Å². The van der Waals surface area contributed by atoms with Crippen LogP contribution in [0.15, 0.2) is 34.9 Å². The molecular formula is C17H13F2N5O2. The number of hydrogen-bond donors (Lipinski definition) is 1. The summed E-state index contributed by atoms with van der Waals surface area (Å²) in [6.45, 7) is 1.50. The summed E-state index contributed by atoms with van der Waals surface area (Å²) in [5.74, 6) is -0.591. The second-order valence-corrected chi connectivity index (χ2v) is 5.54. The summed E-state index contributed by atoms with van der Waals surface area (Å²) in [6, 6.07) is 10.4. The Morgan fingerprint density at radius 1 is 1.38 bits per heavy atom. The molecule has 132 valence electrons. The number of benzene rings is 1. The molecule has 3 rings (SSSR count). The standard InChI is InChI=1S/C17H13F2N5O2/c1-9-14(17(21)25)15(16(18)19)22-24(9)8-12-6-13(23-26-12)11-4-2-10(7-20)3-5-11/h2-6,16H,8H2,1H3,(H2,21,25). The zero-order valence-corrected chi connectivity index (χ0v) is 13.6. The fourth-order valence-corrected chi connectivity index (χ4v) is 2.57. The second-order valence-electron chi connectivity index (χ2n) is 5.54. The van der Waals surface area contributed by atoms with Crippen LogP contribution in [0.2, 0.25) is 0 Å². The minimum absolute atomic E-state index is 0.0160. The summed E-state index contributed by atoms with van der Waals surface area (Å²) in [7, 11) is 0. The summed E-state index contributed by atoms with van der Waals surface area (Å²) in [6.07, 6.45) is -2.92. The summed E-state index contributed by atoms with van der Waals surface area (Å²) < 4.78 is 32.6. The van der Waals surface area contributed by atoms with Crippen molar-refractivity contribution in [2.24, 2.45) is 5.73 Å². The molecule has 3 aromatic rings. The van der Waals surface area contributed by atoms with Crippen molar-refractivity contribution >= 4 is 5.91 Å². The summed E-state index contributed by atoms with van der Waals surface area (Å²) >= 11 is 0. The fraction of sp³-hybridized carbons (Fsp3) is 0.176. The van der Waals surface area contributed by atoms with Crippen LogP contribution in [0.5, 0.6) is 0 Å². The molecule has 0 radical (unpaired) electrons. The van der Waals surface area contributed by atoms with Gasteiger partial charge in [-0.05, 0) is 19.1 Å². The number of nitrogens with two attached hydrogens (primary N) is 1. The molecule has 2 aromatic heterocycles. The topological polar surface area (TPSA) is 111 Å². The minimum atomic E-state index is -2.92. The van der Waals surface area contributed by atoms with E-state index in [1.165, 1.54) is 11.6 Å². The van der Waals surface area contributed by atoms with E-state index in [1.54, 1.807) is 30.3 Å². The number of alkyl halides is 2. The van der Waals surface area contributed by atoms with Crippen molar-refractivity contribution in [3.8, 4) is 17.3 Å². The summed E-state index contributed by atoms with van der Waals surface area (Å²) in [5.41, 5.74) is 6.25. The van der Waals surface area contributed by atoms with Gasteiger partial charge in [-0.25, -0.2) is 8.78 Å². The Hall–Kier alpha value is -3.54. The molecule has 0 fully saturated rings. The van der Waals surface area contributed by atoms with Gasteiger partial charge < -0.3 is 10.3 Å². The van der Waals surface area contributed by atoms with Gasteiger partial charge in [0, 0.05) is 17.3 Å². The van der Waals surface area contributed by atoms with Crippen molar-refractivity contribution < 1.29 is 18.1 Å². The molecule has 0 aliphatic rings. The molecule has 0 saturated carbocycles. The van der Waals surface area contributed by atoms with E-state index in [4.69, 9.17) is 15.5 Å². The van der Waals surface area contributed by atoms with E-state index in [9.17, 15) is 13.6 Å².